The molecule has 154 valence electrons. The molecule has 0 atom stereocenters. The van der Waals surface area contributed by atoms with Crippen molar-refractivity contribution in [3.05, 3.63) is 0 Å². The van der Waals surface area contributed by atoms with E-state index in [2.05, 4.69) is 65.8 Å². The van der Waals surface area contributed by atoms with E-state index in [1.807, 2.05) is 7.05 Å². The highest BCUT2D eigenvalue weighted by Gasteiger charge is 2.47. The fraction of sp³-hybridized carbons (Fsp3) is 1.00. The summed E-state index contributed by atoms with van der Waals surface area (Å²) in [6.45, 7) is 17.4. The summed E-state index contributed by atoms with van der Waals surface area (Å²) in [6, 6.07) is 0.497. The first-order valence-electron chi connectivity index (χ1n) is 9.93. The molecule has 0 unspecified atom stereocenters. The van der Waals surface area contributed by atoms with E-state index in [1.54, 1.807) is 0 Å². The van der Waals surface area contributed by atoms with Gasteiger partial charge >= 0.3 is 0 Å². The van der Waals surface area contributed by atoms with Crippen molar-refractivity contribution >= 4 is 0 Å². The Bertz CT molecular complexity index is 455. The van der Waals surface area contributed by atoms with Crippen LogP contribution in [0.5, 0.6) is 0 Å². The quantitative estimate of drug-likeness (QED) is 0.721. The highest BCUT2D eigenvalue weighted by Crippen LogP contribution is 2.40. The van der Waals surface area contributed by atoms with Gasteiger partial charge in [-0.1, -0.05) is 0 Å². The van der Waals surface area contributed by atoms with Gasteiger partial charge in [-0.3, -0.25) is 4.84 Å². The molecule has 0 radical (unpaired) electrons. The zero-order valence-corrected chi connectivity index (χ0v) is 18.3. The van der Waals surface area contributed by atoms with Gasteiger partial charge in [0, 0.05) is 28.2 Å². The maximum atomic E-state index is 10.4. The molecule has 0 saturated carbocycles. The van der Waals surface area contributed by atoms with Crippen molar-refractivity contribution in [2.24, 2.45) is 0 Å². The lowest BCUT2D eigenvalue weighted by molar-refractivity contribution is -0.332. The minimum absolute atomic E-state index is 0.0637. The SMILES string of the molecule is CNC1CC(C)(C)N(OCOC2CC(C)(C)N(O)C(C)(C)C2)C(C)(C)C1. The van der Waals surface area contributed by atoms with Crippen LogP contribution in [-0.4, -0.2) is 63.5 Å². The van der Waals surface area contributed by atoms with Crippen LogP contribution in [-0.2, 0) is 9.57 Å². The molecule has 0 bridgehead atoms. The number of ether oxygens (including phenoxy) is 1. The number of hydroxylamine groups is 4. The van der Waals surface area contributed by atoms with Crippen LogP contribution in [0.25, 0.3) is 0 Å². The molecule has 6 heteroatoms. The predicted octanol–water partition coefficient (Wildman–Crippen LogP) is 3.54. The number of hydrogen-bond donors (Lipinski definition) is 2. The molecule has 26 heavy (non-hydrogen) atoms. The summed E-state index contributed by atoms with van der Waals surface area (Å²) in [4.78, 5) is 6.18. The molecule has 2 aliphatic rings. The third kappa shape index (κ3) is 4.59. The number of nitrogens with zero attached hydrogens (tertiary/aromatic N) is 2. The topological polar surface area (TPSA) is 57.2 Å². The molecule has 0 aliphatic carbocycles. The smallest absolute Gasteiger partial charge is 0.167 e. The van der Waals surface area contributed by atoms with Gasteiger partial charge in [-0.15, -0.1) is 0 Å². The standard InChI is InChI=1S/C20H41N3O3/c1-17(2)12-16(13-18(3,4)22(17)24)25-14-26-23-19(5,6)10-15(21-9)11-20(23,7)8/h15-16,21,24H,10-14H2,1-9H3. The Labute approximate surface area is 160 Å². The fourth-order valence-electron chi connectivity index (χ4n) is 5.29. The van der Waals surface area contributed by atoms with E-state index in [4.69, 9.17) is 9.57 Å². The van der Waals surface area contributed by atoms with E-state index in [0.717, 1.165) is 25.7 Å². The fourth-order valence-corrected chi connectivity index (χ4v) is 5.29. The maximum absolute atomic E-state index is 10.4. The average molecular weight is 372 g/mol. The molecular weight excluding hydrogens is 330 g/mol. The summed E-state index contributed by atoms with van der Waals surface area (Å²) < 4.78 is 6.13. The third-order valence-electron chi connectivity index (χ3n) is 6.09. The first kappa shape index (κ1) is 22.1. The molecule has 0 amide bonds. The van der Waals surface area contributed by atoms with Crippen LogP contribution in [0.2, 0.25) is 0 Å². The van der Waals surface area contributed by atoms with Gasteiger partial charge in [0.05, 0.1) is 6.10 Å². The zero-order valence-electron chi connectivity index (χ0n) is 18.3. The lowest BCUT2D eigenvalue weighted by atomic mass is 9.79. The van der Waals surface area contributed by atoms with Gasteiger partial charge in [0.1, 0.15) is 0 Å². The average Bonchev–Trinajstić information content (AvgIpc) is 2.45. The highest BCUT2D eigenvalue weighted by molar-refractivity contribution is 4.99. The molecule has 2 saturated heterocycles. The van der Waals surface area contributed by atoms with E-state index in [9.17, 15) is 5.21 Å². The highest BCUT2D eigenvalue weighted by atomic mass is 16.8. The van der Waals surface area contributed by atoms with Gasteiger partial charge in [0.15, 0.2) is 6.79 Å². The summed E-state index contributed by atoms with van der Waals surface area (Å²) in [5.41, 5.74) is -0.746. The second-order valence-corrected chi connectivity index (χ2v) is 10.7. The molecule has 2 fully saturated rings. The van der Waals surface area contributed by atoms with Gasteiger partial charge in [0.2, 0.25) is 0 Å². The van der Waals surface area contributed by atoms with Gasteiger partial charge in [-0.05, 0) is 88.1 Å². The molecule has 2 heterocycles. The van der Waals surface area contributed by atoms with E-state index in [-0.39, 0.29) is 35.1 Å². The van der Waals surface area contributed by atoms with Crippen LogP contribution in [0.4, 0.5) is 0 Å². The zero-order chi connectivity index (χ0) is 20.0. The van der Waals surface area contributed by atoms with Gasteiger partial charge in [-0.2, -0.15) is 10.1 Å². The summed E-state index contributed by atoms with van der Waals surface area (Å²) in [6.07, 6.45) is 3.71. The van der Waals surface area contributed by atoms with Crippen LogP contribution in [0.3, 0.4) is 0 Å². The van der Waals surface area contributed by atoms with Crippen molar-refractivity contribution in [1.29, 1.82) is 0 Å². The van der Waals surface area contributed by atoms with Gasteiger partial charge < -0.3 is 15.3 Å². The predicted molar refractivity (Wildman–Crippen MR) is 104 cm³/mol. The number of nitrogens with one attached hydrogen (secondary N) is 1. The van der Waals surface area contributed by atoms with Crippen molar-refractivity contribution in [3.8, 4) is 0 Å². The van der Waals surface area contributed by atoms with Crippen molar-refractivity contribution in [2.45, 2.75) is 115 Å². The lowest BCUT2D eigenvalue weighted by Gasteiger charge is -2.54. The van der Waals surface area contributed by atoms with Crippen LogP contribution in [0, 0.1) is 0 Å². The number of rotatable bonds is 5. The number of hydrogen-bond acceptors (Lipinski definition) is 6. The Morgan fingerprint density at radius 1 is 0.846 bits per heavy atom. The maximum Gasteiger partial charge on any atom is 0.167 e. The molecule has 0 aromatic rings. The Balaban J connectivity index is 1.96. The first-order chi connectivity index (χ1) is 11.7. The minimum Gasteiger partial charge on any atom is -0.350 e. The molecule has 2 rings (SSSR count). The van der Waals surface area contributed by atoms with E-state index in [0.29, 0.717) is 6.04 Å². The van der Waals surface area contributed by atoms with Crippen LogP contribution < -0.4 is 5.32 Å². The monoisotopic (exact) mass is 371 g/mol. The molecule has 0 aromatic heterocycles. The van der Waals surface area contributed by atoms with E-state index < -0.39 is 0 Å². The van der Waals surface area contributed by atoms with E-state index in [1.165, 1.54) is 5.06 Å². The van der Waals surface area contributed by atoms with Crippen LogP contribution in [0.15, 0.2) is 0 Å². The third-order valence-corrected chi connectivity index (χ3v) is 6.09. The Morgan fingerprint density at radius 2 is 1.31 bits per heavy atom. The molecular formula is C20H41N3O3. The first-order valence-corrected chi connectivity index (χ1v) is 9.93. The molecule has 2 N–H and O–H groups in total. The van der Waals surface area contributed by atoms with Crippen LogP contribution >= 0.6 is 0 Å². The van der Waals surface area contributed by atoms with Gasteiger partial charge in [0.25, 0.3) is 0 Å². The largest absolute Gasteiger partial charge is 0.350 e. The Morgan fingerprint density at radius 3 is 1.73 bits per heavy atom. The molecule has 2 aliphatic heterocycles. The van der Waals surface area contributed by atoms with Crippen molar-refractivity contribution < 1.29 is 14.8 Å². The molecule has 0 aromatic carbocycles. The molecule has 6 nitrogen and oxygen atoms in total. The second kappa shape index (κ2) is 7.30. The van der Waals surface area contributed by atoms with Crippen molar-refractivity contribution in [1.82, 2.24) is 15.4 Å². The Kier molecular flexibility index (Phi) is 6.19. The van der Waals surface area contributed by atoms with Crippen LogP contribution in [0.1, 0.15) is 81.1 Å². The van der Waals surface area contributed by atoms with Gasteiger partial charge in [-0.25, -0.2) is 0 Å². The summed E-state index contributed by atoms with van der Waals surface area (Å²) in [5.74, 6) is 0. The minimum atomic E-state index is -0.309. The Hall–Kier alpha value is -0.240. The second-order valence-electron chi connectivity index (χ2n) is 10.7. The molecule has 0 spiro atoms. The van der Waals surface area contributed by atoms with E-state index >= 15 is 0 Å². The summed E-state index contributed by atoms with van der Waals surface area (Å²) in [5, 5.41) is 17.5. The summed E-state index contributed by atoms with van der Waals surface area (Å²) in [7, 11) is 2.04. The summed E-state index contributed by atoms with van der Waals surface area (Å²) >= 11 is 0. The lowest BCUT2D eigenvalue weighted by Crippen LogP contribution is -2.63. The normalized spacial score (nSPS) is 29.8. The number of piperidine rings is 2. The van der Waals surface area contributed by atoms with Crippen molar-refractivity contribution in [2.75, 3.05) is 13.8 Å². The van der Waals surface area contributed by atoms with Crippen molar-refractivity contribution in [3.63, 3.8) is 0 Å².